The van der Waals surface area contributed by atoms with E-state index in [0.29, 0.717) is 35.3 Å². The zero-order chi connectivity index (χ0) is 22.3. The number of carbonyl (C=O) groups excluding carboxylic acids is 1. The first-order valence-electron chi connectivity index (χ1n) is 10.1. The number of benzene rings is 1. The van der Waals surface area contributed by atoms with E-state index in [1.807, 2.05) is 54.5 Å². The molecule has 7 heteroatoms. The summed E-state index contributed by atoms with van der Waals surface area (Å²) < 4.78 is 7.80. The molecule has 5 nitrogen and oxygen atoms in total. The molecule has 160 valence electrons. The molecule has 1 aliphatic heterocycles. The molecule has 1 aromatic carbocycles. The molecule has 0 saturated carbocycles. The molecule has 0 atom stereocenters. The van der Waals surface area contributed by atoms with Crippen molar-refractivity contribution in [1.82, 2.24) is 9.55 Å². The molecule has 31 heavy (non-hydrogen) atoms. The Bertz CT molecular complexity index is 1270. The molecule has 3 aromatic rings. The lowest BCUT2D eigenvalue weighted by Crippen LogP contribution is -2.29. The van der Waals surface area contributed by atoms with E-state index in [2.05, 4.69) is 12.9 Å². The predicted molar refractivity (Wildman–Crippen MR) is 126 cm³/mol. The third-order valence-electron chi connectivity index (χ3n) is 5.62. The minimum atomic E-state index is 0.475. The molecule has 3 heterocycles. The number of halogens is 2. The molecular formula is C24H23Cl2N3O2. The van der Waals surface area contributed by atoms with Crippen molar-refractivity contribution in [3.8, 4) is 5.69 Å². The van der Waals surface area contributed by atoms with Crippen LogP contribution in [0, 0.1) is 20.8 Å². The van der Waals surface area contributed by atoms with Gasteiger partial charge in [0, 0.05) is 28.2 Å². The number of aryl methyl sites for hydroxylation is 2. The average Bonchev–Trinajstić information content (AvgIpc) is 2.98. The number of rotatable bonds is 4. The van der Waals surface area contributed by atoms with Crippen molar-refractivity contribution >= 4 is 45.9 Å². The summed E-state index contributed by atoms with van der Waals surface area (Å²) in [5.41, 5.74) is 6.01. The van der Waals surface area contributed by atoms with E-state index in [4.69, 9.17) is 32.9 Å². The molecule has 0 spiro atoms. The van der Waals surface area contributed by atoms with Gasteiger partial charge >= 0.3 is 0 Å². The fourth-order valence-electron chi connectivity index (χ4n) is 4.09. The SMILES string of the molecule is CCOC1=CCC(=C=O)N(c2cc(C)nc3c2c(C)c(C)n3-c2ccc(Cl)cc2Cl)C1. The maximum absolute atomic E-state index is 11.8. The highest BCUT2D eigenvalue weighted by Gasteiger charge is 2.26. The summed E-state index contributed by atoms with van der Waals surface area (Å²) >= 11 is 12.7. The molecule has 2 aromatic heterocycles. The number of anilines is 1. The zero-order valence-electron chi connectivity index (χ0n) is 17.9. The van der Waals surface area contributed by atoms with Crippen LogP contribution in [0.4, 0.5) is 5.69 Å². The number of fused-ring (bicyclic) bond motifs is 1. The third-order valence-corrected chi connectivity index (χ3v) is 6.16. The van der Waals surface area contributed by atoms with Crippen LogP contribution >= 0.6 is 23.2 Å². The average molecular weight is 456 g/mol. The van der Waals surface area contributed by atoms with Gasteiger partial charge in [0.1, 0.15) is 23.0 Å². The van der Waals surface area contributed by atoms with Gasteiger partial charge in [0.15, 0.2) is 0 Å². The maximum Gasteiger partial charge on any atom is 0.147 e. The van der Waals surface area contributed by atoms with Gasteiger partial charge in [-0.2, -0.15) is 0 Å². The second-order valence-corrected chi connectivity index (χ2v) is 8.41. The Morgan fingerprint density at radius 3 is 2.61 bits per heavy atom. The van der Waals surface area contributed by atoms with Gasteiger partial charge in [-0.25, -0.2) is 9.78 Å². The highest BCUT2D eigenvalue weighted by Crippen LogP contribution is 2.39. The van der Waals surface area contributed by atoms with E-state index in [1.165, 1.54) is 0 Å². The van der Waals surface area contributed by atoms with Gasteiger partial charge in [-0.05, 0) is 63.6 Å². The van der Waals surface area contributed by atoms with Crippen molar-refractivity contribution in [3.05, 3.63) is 68.8 Å². The van der Waals surface area contributed by atoms with E-state index >= 15 is 0 Å². The summed E-state index contributed by atoms with van der Waals surface area (Å²) in [6, 6.07) is 7.45. The van der Waals surface area contributed by atoms with Gasteiger partial charge in [-0.15, -0.1) is 0 Å². The number of aromatic nitrogens is 2. The number of allylic oxidation sites excluding steroid dienone is 1. The quantitative estimate of drug-likeness (QED) is 0.445. The van der Waals surface area contributed by atoms with E-state index in [-0.39, 0.29) is 0 Å². The van der Waals surface area contributed by atoms with Crippen molar-refractivity contribution in [1.29, 1.82) is 0 Å². The first-order valence-corrected chi connectivity index (χ1v) is 10.9. The van der Waals surface area contributed by atoms with Crippen molar-refractivity contribution in [2.75, 3.05) is 18.1 Å². The Balaban J connectivity index is 1.99. The molecule has 0 radical (unpaired) electrons. The third kappa shape index (κ3) is 3.74. The Labute approximate surface area is 191 Å². The van der Waals surface area contributed by atoms with Crippen LogP contribution in [0.3, 0.4) is 0 Å². The van der Waals surface area contributed by atoms with Gasteiger partial charge in [0.2, 0.25) is 0 Å². The number of nitrogens with zero attached hydrogens (tertiary/aromatic N) is 3. The zero-order valence-corrected chi connectivity index (χ0v) is 19.4. The van der Waals surface area contributed by atoms with Crippen LogP contribution in [-0.2, 0) is 9.53 Å². The topological polar surface area (TPSA) is 47.4 Å². The maximum atomic E-state index is 11.8. The fourth-order valence-corrected chi connectivity index (χ4v) is 4.59. The molecule has 0 amide bonds. The summed E-state index contributed by atoms with van der Waals surface area (Å²) in [5, 5.41) is 2.10. The summed E-state index contributed by atoms with van der Waals surface area (Å²) in [6.07, 6.45) is 2.42. The van der Waals surface area contributed by atoms with Gasteiger partial charge in [-0.1, -0.05) is 23.2 Å². The highest BCUT2D eigenvalue weighted by atomic mass is 35.5. The number of hydrogen-bond acceptors (Lipinski definition) is 4. The first kappa shape index (κ1) is 21.5. The van der Waals surface area contributed by atoms with Crippen molar-refractivity contribution in [2.45, 2.75) is 34.1 Å². The molecule has 0 N–H and O–H groups in total. The van der Waals surface area contributed by atoms with Crippen LogP contribution < -0.4 is 4.90 Å². The molecule has 0 bridgehead atoms. The lowest BCUT2D eigenvalue weighted by molar-refractivity contribution is 0.222. The monoisotopic (exact) mass is 455 g/mol. The number of pyridine rings is 1. The molecule has 0 fully saturated rings. The Hall–Kier alpha value is -2.72. The molecule has 1 aliphatic rings. The first-order chi connectivity index (χ1) is 14.8. The minimum Gasteiger partial charge on any atom is -0.497 e. The highest BCUT2D eigenvalue weighted by molar-refractivity contribution is 6.35. The van der Waals surface area contributed by atoms with Crippen LogP contribution in [0.5, 0.6) is 0 Å². The molecule has 0 saturated heterocycles. The largest absolute Gasteiger partial charge is 0.497 e. The molecule has 4 rings (SSSR count). The van der Waals surface area contributed by atoms with Crippen LogP contribution in [0.2, 0.25) is 10.0 Å². The van der Waals surface area contributed by atoms with Crippen molar-refractivity contribution in [2.24, 2.45) is 0 Å². The van der Waals surface area contributed by atoms with Crippen LogP contribution in [0.1, 0.15) is 30.3 Å². The van der Waals surface area contributed by atoms with Gasteiger partial charge in [0.25, 0.3) is 0 Å². The van der Waals surface area contributed by atoms with E-state index in [9.17, 15) is 4.79 Å². The second-order valence-electron chi connectivity index (χ2n) is 7.57. The smallest absolute Gasteiger partial charge is 0.147 e. The number of hydrogen-bond donors (Lipinski definition) is 0. The Morgan fingerprint density at radius 2 is 1.94 bits per heavy atom. The van der Waals surface area contributed by atoms with E-state index in [1.54, 1.807) is 6.07 Å². The summed E-state index contributed by atoms with van der Waals surface area (Å²) in [4.78, 5) is 18.6. The molecule has 0 aliphatic carbocycles. The summed E-state index contributed by atoms with van der Waals surface area (Å²) in [5.74, 6) is 2.96. The lowest BCUT2D eigenvalue weighted by atomic mass is 10.1. The van der Waals surface area contributed by atoms with E-state index in [0.717, 1.165) is 45.1 Å². The molecule has 0 unspecified atom stereocenters. The number of ether oxygens (including phenoxy) is 1. The minimum absolute atomic E-state index is 0.475. The summed E-state index contributed by atoms with van der Waals surface area (Å²) in [7, 11) is 0. The summed E-state index contributed by atoms with van der Waals surface area (Å²) in [6.45, 7) is 9.05. The van der Waals surface area contributed by atoms with Gasteiger partial charge < -0.3 is 9.64 Å². The predicted octanol–water partition coefficient (Wildman–Crippen LogP) is 6.10. The standard InChI is InChI=1S/C24H23Cl2N3O2/c1-5-31-19-8-7-18(13-30)28(12-19)22-10-14(2)27-24-23(22)15(3)16(4)29(24)21-9-6-17(25)11-20(21)26/h6,8-11H,5,7,12H2,1-4H3. The Morgan fingerprint density at radius 1 is 1.16 bits per heavy atom. The lowest BCUT2D eigenvalue weighted by Gasteiger charge is -2.30. The van der Waals surface area contributed by atoms with Crippen LogP contribution in [0.15, 0.2) is 41.8 Å². The van der Waals surface area contributed by atoms with Gasteiger partial charge in [0.05, 0.1) is 29.5 Å². The second kappa shape index (κ2) is 8.43. The van der Waals surface area contributed by atoms with Crippen molar-refractivity contribution in [3.63, 3.8) is 0 Å². The van der Waals surface area contributed by atoms with Crippen LogP contribution in [0.25, 0.3) is 16.7 Å². The normalized spacial score (nSPS) is 14.1. The van der Waals surface area contributed by atoms with Crippen LogP contribution in [-0.4, -0.2) is 28.6 Å². The molecular weight excluding hydrogens is 433 g/mol. The fraction of sp³-hybridized carbons (Fsp3) is 0.292. The van der Waals surface area contributed by atoms with E-state index < -0.39 is 0 Å². The van der Waals surface area contributed by atoms with Crippen molar-refractivity contribution < 1.29 is 9.53 Å². The van der Waals surface area contributed by atoms with Gasteiger partial charge in [-0.3, -0.25) is 4.57 Å². The Kier molecular flexibility index (Phi) is 5.85.